The molecule has 1 aromatic carbocycles. The molecule has 0 radical (unpaired) electrons. The van der Waals surface area contributed by atoms with Gasteiger partial charge in [-0.25, -0.2) is 4.79 Å². The Balaban J connectivity index is 1.93. The van der Waals surface area contributed by atoms with Crippen molar-refractivity contribution in [3.05, 3.63) is 35.9 Å². The minimum atomic E-state index is -0.0611. The molecule has 1 aromatic rings. The van der Waals surface area contributed by atoms with Gasteiger partial charge < -0.3 is 14.6 Å². The van der Waals surface area contributed by atoms with Crippen LogP contribution in [0.2, 0.25) is 0 Å². The van der Waals surface area contributed by atoms with E-state index in [9.17, 15) is 4.79 Å². The van der Waals surface area contributed by atoms with Crippen molar-refractivity contribution in [2.24, 2.45) is 5.16 Å². The molecule has 5 heteroatoms. The van der Waals surface area contributed by atoms with Gasteiger partial charge in [0.05, 0.1) is 12.3 Å². The molecule has 20 heavy (non-hydrogen) atoms. The third-order valence-electron chi connectivity index (χ3n) is 3.30. The largest absolute Gasteiger partial charge is 0.390 e. The van der Waals surface area contributed by atoms with Crippen LogP contribution >= 0.6 is 0 Å². The molecule has 0 N–H and O–H groups in total. The maximum Gasteiger partial charge on any atom is 0.319 e. The third-order valence-corrected chi connectivity index (χ3v) is 3.30. The number of benzene rings is 1. The van der Waals surface area contributed by atoms with Crippen LogP contribution in [0.25, 0.3) is 0 Å². The zero-order chi connectivity index (χ0) is 14.5. The highest BCUT2D eigenvalue weighted by Crippen LogP contribution is 2.17. The van der Waals surface area contributed by atoms with Gasteiger partial charge in [-0.1, -0.05) is 35.5 Å². The van der Waals surface area contributed by atoms with Crippen LogP contribution in [0.3, 0.4) is 0 Å². The summed E-state index contributed by atoms with van der Waals surface area (Å²) in [5.74, 6) is 0. The zero-order valence-corrected chi connectivity index (χ0v) is 12.2. The quantitative estimate of drug-likeness (QED) is 0.845. The highest BCUT2D eigenvalue weighted by Gasteiger charge is 2.26. The Morgan fingerprint density at radius 3 is 2.65 bits per heavy atom. The second kappa shape index (κ2) is 6.41. The van der Waals surface area contributed by atoms with Crippen LogP contribution in [0.1, 0.15) is 18.9 Å². The average Bonchev–Trinajstić information content (AvgIpc) is 2.93. The number of carbonyl (C=O) groups is 1. The number of nitrogens with zero attached hydrogens (tertiary/aromatic N) is 3. The summed E-state index contributed by atoms with van der Waals surface area (Å²) in [6, 6.07) is 9.99. The topological polar surface area (TPSA) is 45.1 Å². The van der Waals surface area contributed by atoms with Crippen molar-refractivity contribution in [2.45, 2.75) is 19.4 Å². The van der Waals surface area contributed by atoms with Crippen LogP contribution < -0.4 is 0 Å². The molecule has 1 atom stereocenters. The van der Waals surface area contributed by atoms with Crippen molar-refractivity contribution in [1.29, 1.82) is 0 Å². The van der Waals surface area contributed by atoms with Crippen LogP contribution in [0.15, 0.2) is 35.5 Å². The van der Waals surface area contributed by atoms with Crippen LogP contribution in [-0.4, -0.2) is 54.8 Å². The maximum atomic E-state index is 12.0. The third kappa shape index (κ3) is 3.29. The van der Waals surface area contributed by atoms with Gasteiger partial charge in [-0.3, -0.25) is 0 Å². The summed E-state index contributed by atoms with van der Waals surface area (Å²) < 4.78 is 0. The first kappa shape index (κ1) is 14.4. The van der Waals surface area contributed by atoms with Gasteiger partial charge in [0.1, 0.15) is 0 Å². The summed E-state index contributed by atoms with van der Waals surface area (Å²) in [6.45, 7) is 3.19. The molecule has 0 bridgehead atoms. The molecular weight excluding hydrogens is 254 g/mol. The van der Waals surface area contributed by atoms with E-state index in [0.717, 1.165) is 17.7 Å². The van der Waals surface area contributed by atoms with Crippen LogP contribution in [0.5, 0.6) is 0 Å². The summed E-state index contributed by atoms with van der Waals surface area (Å²) in [6.07, 6.45) is 0.676. The predicted octanol–water partition coefficient (Wildman–Crippen LogP) is 2.18. The van der Waals surface area contributed by atoms with Gasteiger partial charge in [-0.2, -0.15) is 0 Å². The predicted molar refractivity (Wildman–Crippen MR) is 78.8 cm³/mol. The maximum absolute atomic E-state index is 12.0. The monoisotopic (exact) mass is 275 g/mol. The number of likely N-dealkylation sites (N-methyl/N-ethyl adjacent to an activating group) is 1. The van der Waals surface area contributed by atoms with Crippen molar-refractivity contribution < 1.29 is 9.63 Å². The first-order chi connectivity index (χ1) is 9.61. The van der Waals surface area contributed by atoms with Crippen molar-refractivity contribution >= 4 is 11.7 Å². The van der Waals surface area contributed by atoms with Gasteiger partial charge in [-0.15, -0.1) is 0 Å². The minimum Gasteiger partial charge on any atom is -0.390 e. The highest BCUT2D eigenvalue weighted by molar-refractivity contribution is 6.01. The number of carbonyl (C=O) groups excluding carboxylic acids is 1. The van der Waals surface area contributed by atoms with E-state index < -0.39 is 0 Å². The molecular formula is C15H21N3O2. The smallest absolute Gasteiger partial charge is 0.319 e. The normalized spacial score (nSPS) is 17.4. The number of oxime groups is 1. The Kier molecular flexibility index (Phi) is 4.61. The highest BCUT2D eigenvalue weighted by atomic mass is 16.6. The lowest BCUT2D eigenvalue weighted by Crippen LogP contribution is -2.43. The van der Waals surface area contributed by atoms with Gasteiger partial charge in [0, 0.05) is 27.1 Å². The number of amides is 2. The molecule has 1 unspecified atom stereocenters. The van der Waals surface area contributed by atoms with Crippen LogP contribution in [0.4, 0.5) is 4.79 Å². The molecule has 108 valence electrons. The number of rotatable bonds is 4. The van der Waals surface area contributed by atoms with E-state index in [0.29, 0.717) is 13.1 Å². The molecule has 0 saturated heterocycles. The van der Waals surface area contributed by atoms with Crippen molar-refractivity contribution in [2.75, 3.05) is 27.2 Å². The molecule has 0 aromatic heterocycles. The van der Waals surface area contributed by atoms with Gasteiger partial charge >= 0.3 is 6.03 Å². The van der Waals surface area contributed by atoms with Gasteiger partial charge in [0.2, 0.25) is 0 Å². The molecule has 2 rings (SSSR count). The molecule has 1 aliphatic rings. The standard InChI is InChI=1S/C15H21N3O2/c1-4-18(15(19)17(2)3)11-13-10-14(16-20-13)12-8-6-5-7-9-12/h5-9,13H,4,10-11H2,1-3H3. The molecule has 0 saturated carbocycles. The van der Waals surface area contributed by atoms with E-state index in [1.54, 1.807) is 23.9 Å². The number of hydrogen-bond acceptors (Lipinski definition) is 3. The van der Waals surface area contributed by atoms with E-state index in [2.05, 4.69) is 5.16 Å². The SMILES string of the molecule is CCN(CC1CC(c2ccccc2)=NO1)C(=O)N(C)C. The minimum absolute atomic E-state index is 0.00395. The fraction of sp³-hybridized carbons (Fsp3) is 0.467. The first-order valence-electron chi connectivity index (χ1n) is 6.86. The van der Waals surface area contributed by atoms with Gasteiger partial charge in [-0.05, 0) is 12.5 Å². The molecule has 0 fully saturated rings. The van der Waals surface area contributed by atoms with E-state index in [4.69, 9.17) is 4.84 Å². The van der Waals surface area contributed by atoms with E-state index in [-0.39, 0.29) is 12.1 Å². The fourth-order valence-corrected chi connectivity index (χ4v) is 2.20. The Morgan fingerprint density at radius 1 is 1.35 bits per heavy atom. The number of urea groups is 1. The lowest BCUT2D eigenvalue weighted by Gasteiger charge is -2.26. The van der Waals surface area contributed by atoms with E-state index in [1.807, 2.05) is 37.3 Å². The molecule has 0 spiro atoms. The summed E-state index contributed by atoms with van der Waals surface area (Å²) in [5, 5.41) is 4.14. The second-order valence-corrected chi connectivity index (χ2v) is 5.05. The summed E-state index contributed by atoms with van der Waals surface area (Å²) >= 11 is 0. The Morgan fingerprint density at radius 2 is 2.05 bits per heavy atom. The molecule has 1 heterocycles. The summed E-state index contributed by atoms with van der Waals surface area (Å²) in [5.41, 5.74) is 2.03. The average molecular weight is 275 g/mol. The van der Waals surface area contributed by atoms with E-state index in [1.165, 1.54) is 0 Å². The lowest BCUT2D eigenvalue weighted by molar-refractivity contribution is 0.0580. The van der Waals surface area contributed by atoms with Gasteiger partial charge in [0.25, 0.3) is 0 Å². The van der Waals surface area contributed by atoms with Crippen LogP contribution in [0, 0.1) is 0 Å². The lowest BCUT2D eigenvalue weighted by atomic mass is 10.1. The first-order valence-corrected chi connectivity index (χ1v) is 6.86. The molecule has 0 aliphatic carbocycles. The van der Waals surface area contributed by atoms with Crippen molar-refractivity contribution in [3.8, 4) is 0 Å². The van der Waals surface area contributed by atoms with Crippen molar-refractivity contribution in [3.63, 3.8) is 0 Å². The van der Waals surface area contributed by atoms with Crippen molar-refractivity contribution in [1.82, 2.24) is 9.80 Å². The van der Waals surface area contributed by atoms with Gasteiger partial charge in [0.15, 0.2) is 6.10 Å². The molecule has 5 nitrogen and oxygen atoms in total. The Bertz CT molecular complexity index is 485. The second-order valence-electron chi connectivity index (χ2n) is 5.05. The fourth-order valence-electron chi connectivity index (χ4n) is 2.20. The summed E-state index contributed by atoms with van der Waals surface area (Å²) in [4.78, 5) is 20.8. The number of hydrogen-bond donors (Lipinski definition) is 0. The molecule has 2 amide bonds. The Hall–Kier alpha value is -2.04. The zero-order valence-electron chi connectivity index (χ0n) is 12.2. The molecule has 1 aliphatic heterocycles. The Labute approximate surface area is 119 Å². The summed E-state index contributed by atoms with van der Waals surface area (Å²) in [7, 11) is 3.51. The van der Waals surface area contributed by atoms with E-state index >= 15 is 0 Å². The van der Waals surface area contributed by atoms with Crippen LogP contribution in [-0.2, 0) is 4.84 Å².